The topological polar surface area (TPSA) is 79.4 Å². The fourth-order valence-corrected chi connectivity index (χ4v) is 2.94. The van der Waals surface area contributed by atoms with Crippen molar-refractivity contribution in [1.82, 2.24) is 14.6 Å². The molecule has 1 aromatic carbocycles. The highest BCUT2D eigenvalue weighted by atomic mass is 32.2. The molecule has 128 valence electrons. The largest absolute Gasteiger partial charge is 0.351 e. The summed E-state index contributed by atoms with van der Waals surface area (Å²) in [5.41, 5.74) is 2.86. The van der Waals surface area contributed by atoms with Crippen molar-refractivity contribution in [3.8, 4) is 0 Å². The van der Waals surface area contributed by atoms with E-state index in [0.717, 1.165) is 27.3 Å². The fourth-order valence-electron chi connectivity index (χ4n) is 2.20. The normalized spacial score (nSPS) is 11.5. The second-order valence-corrected chi connectivity index (χ2v) is 7.57. The van der Waals surface area contributed by atoms with Crippen molar-refractivity contribution in [2.45, 2.75) is 20.0 Å². The van der Waals surface area contributed by atoms with Gasteiger partial charge in [-0.05, 0) is 35.7 Å². The third kappa shape index (κ3) is 5.43. The predicted molar refractivity (Wildman–Crippen MR) is 92.5 cm³/mol. The Kier molecular flexibility index (Phi) is 6.05. The van der Waals surface area contributed by atoms with Crippen molar-refractivity contribution in [3.63, 3.8) is 0 Å². The third-order valence-electron chi connectivity index (χ3n) is 3.63. The van der Waals surface area contributed by atoms with E-state index >= 15 is 0 Å². The van der Waals surface area contributed by atoms with Crippen LogP contribution in [0.15, 0.2) is 48.8 Å². The average Bonchev–Trinajstić information content (AvgIpc) is 2.53. The highest BCUT2D eigenvalue weighted by Gasteiger charge is 2.20. The van der Waals surface area contributed by atoms with Crippen LogP contribution in [-0.2, 0) is 27.9 Å². The number of pyridine rings is 1. The van der Waals surface area contributed by atoms with Crippen LogP contribution in [-0.4, -0.2) is 36.4 Å². The van der Waals surface area contributed by atoms with Crippen LogP contribution in [0.1, 0.15) is 16.7 Å². The third-order valence-corrected chi connectivity index (χ3v) is 4.83. The molecule has 0 aliphatic carbocycles. The number of hydrogen-bond donors (Lipinski definition) is 1. The van der Waals surface area contributed by atoms with E-state index in [-0.39, 0.29) is 19.0 Å². The number of aryl methyl sites for hydroxylation is 1. The van der Waals surface area contributed by atoms with Crippen LogP contribution in [0.3, 0.4) is 0 Å². The lowest BCUT2D eigenvalue weighted by Crippen LogP contribution is -2.39. The lowest BCUT2D eigenvalue weighted by atomic mass is 10.1. The first-order chi connectivity index (χ1) is 11.4. The number of aromatic nitrogens is 1. The second-order valence-electron chi connectivity index (χ2n) is 5.59. The first-order valence-corrected chi connectivity index (χ1v) is 9.36. The van der Waals surface area contributed by atoms with E-state index in [9.17, 15) is 13.2 Å². The quantitative estimate of drug-likeness (QED) is 0.822. The van der Waals surface area contributed by atoms with Gasteiger partial charge in [-0.2, -0.15) is 4.31 Å². The predicted octanol–water partition coefficient (Wildman–Crippen LogP) is 1.47. The molecule has 1 aromatic heterocycles. The molecule has 2 rings (SSSR count). The summed E-state index contributed by atoms with van der Waals surface area (Å²) in [5.74, 6) is -0.335. The lowest BCUT2D eigenvalue weighted by Gasteiger charge is -2.19. The molecule has 24 heavy (non-hydrogen) atoms. The van der Waals surface area contributed by atoms with E-state index in [1.54, 1.807) is 24.5 Å². The molecule has 0 atom stereocenters. The zero-order chi connectivity index (χ0) is 17.6. The first-order valence-electron chi connectivity index (χ1n) is 7.51. The van der Waals surface area contributed by atoms with Gasteiger partial charge in [-0.25, -0.2) is 8.42 Å². The highest BCUT2D eigenvalue weighted by molar-refractivity contribution is 7.88. The van der Waals surface area contributed by atoms with E-state index in [0.29, 0.717) is 6.54 Å². The molecule has 0 saturated heterocycles. The molecule has 1 amide bonds. The summed E-state index contributed by atoms with van der Waals surface area (Å²) in [7, 11) is -3.50. The van der Waals surface area contributed by atoms with Gasteiger partial charge < -0.3 is 5.32 Å². The van der Waals surface area contributed by atoms with E-state index < -0.39 is 10.0 Å². The number of rotatable bonds is 7. The standard InChI is InChI=1S/C17H21N3O3S/c1-14-5-3-4-6-16(14)11-19-17(21)13-20(24(2,22)23)12-15-7-9-18-10-8-15/h3-10H,11-13H2,1-2H3,(H,19,21). The second kappa shape index (κ2) is 8.03. The molecule has 1 heterocycles. The van der Waals surface area contributed by atoms with Crippen LogP contribution in [0.25, 0.3) is 0 Å². The molecule has 0 aliphatic heterocycles. The maximum Gasteiger partial charge on any atom is 0.235 e. The van der Waals surface area contributed by atoms with Crippen LogP contribution < -0.4 is 5.32 Å². The summed E-state index contributed by atoms with van der Waals surface area (Å²) in [6, 6.07) is 11.2. The molecular formula is C17H21N3O3S. The SMILES string of the molecule is Cc1ccccc1CNC(=O)CN(Cc1ccncc1)S(C)(=O)=O. The summed E-state index contributed by atoms with van der Waals surface area (Å²) in [6.07, 6.45) is 4.28. The molecule has 6 nitrogen and oxygen atoms in total. The van der Waals surface area contributed by atoms with Crippen molar-refractivity contribution >= 4 is 15.9 Å². The molecule has 0 spiro atoms. The van der Waals surface area contributed by atoms with Gasteiger partial charge in [-0.3, -0.25) is 9.78 Å². The van der Waals surface area contributed by atoms with Gasteiger partial charge in [0, 0.05) is 25.5 Å². The minimum absolute atomic E-state index is 0.138. The van der Waals surface area contributed by atoms with E-state index in [1.165, 1.54) is 0 Å². The molecule has 0 radical (unpaired) electrons. The van der Waals surface area contributed by atoms with Gasteiger partial charge in [0.2, 0.25) is 15.9 Å². The van der Waals surface area contributed by atoms with E-state index in [4.69, 9.17) is 0 Å². The van der Waals surface area contributed by atoms with Gasteiger partial charge >= 0.3 is 0 Å². The van der Waals surface area contributed by atoms with Gasteiger partial charge in [0.15, 0.2) is 0 Å². The van der Waals surface area contributed by atoms with Crippen molar-refractivity contribution in [1.29, 1.82) is 0 Å². The summed E-state index contributed by atoms with van der Waals surface area (Å²) >= 11 is 0. The molecule has 1 N–H and O–H groups in total. The van der Waals surface area contributed by atoms with Crippen LogP contribution in [0.2, 0.25) is 0 Å². The Morgan fingerprint density at radius 3 is 2.46 bits per heavy atom. The molecule has 0 aliphatic rings. The Labute approximate surface area is 142 Å². The number of hydrogen-bond acceptors (Lipinski definition) is 4. The number of carbonyl (C=O) groups is 1. The number of nitrogens with one attached hydrogen (secondary N) is 1. The number of carbonyl (C=O) groups excluding carboxylic acids is 1. The van der Waals surface area contributed by atoms with Crippen LogP contribution in [0, 0.1) is 6.92 Å². The first kappa shape index (κ1) is 18.1. The van der Waals surface area contributed by atoms with Crippen molar-refractivity contribution in [2.75, 3.05) is 12.8 Å². The van der Waals surface area contributed by atoms with E-state index in [1.807, 2.05) is 31.2 Å². The van der Waals surface area contributed by atoms with E-state index in [2.05, 4.69) is 10.3 Å². The Hall–Kier alpha value is -2.25. The molecule has 0 bridgehead atoms. The van der Waals surface area contributed by atoms with Crippen molar-refractivity contribution < 1.29 is 13.2 Å². The highest BCUT2D eigenvalue weighted by Crippen LogP contribution is 2.08. The minimum Gasteiger partial charge on any atom is -0.351 e. The lowest BCUT2D eigenvalue weighted by molar-refractivity contribution is -0.121. The molecule has 0 saturated carbocycles. The maximum absolute atomic E-state index is 12.1. The minimum atomic E-state index is -3.50. The van der Waals surface area contributed by atoms with Gasteiger partial charge in [0.25, 0.3) is 0 Å². The summed E-state index contributed by atoms with van der Waals surface area (Å²) < 4.78 is 25.0. The number of nitrogens with zero attached hydrogens (tertiary/aromatic N) is 2. The smallest absolute Gasteiger partial charge is 0.235 e. The molecular weight excluding hydrogens is 326 g/mol. The molecule has 0 fully saturated rings. The van der Waals surface area contributed by atoms with Crippen molar-refractivity contribution in [2.24, 2.45) is 0 Å². The van der Waals surface area contributed by atoms with Crippen LogP contribution >= 0.6 is 0 Å². The summed E-state index contributed by atoms with van der Waals surface area (Å²) in [4.78, 5) is 16.0. The number of amides is 1. The fraction of sp³-hybridized carbons (Fsp3) is 0.294. The Bertz CT molecular complexity index is 792. The van der Waals surface area contributed by atoms with Gasteiger partial charge in [0.05, 0.1) is 12.8 Å². The Morgan fingerprint density at radius 2 is 1.83 bits per heavy atom. The molecule has 2 aromatic rings. The monoisotopic (exact) mass is 347 g/mol. The van der Waals surface area contributed by atoms with Crippen LogP contribution in [0.5, 0.6) is 0 Å². The Morgan fingerprint density at radius 1 is 1.17 bits per heavy atom. The van der Waals surface area contributed by atoms with Crippen LogP contribution in [0.4, 0.5) is 0 Å². The molecule has 7 heteroatoms. The zero-order valence-corrected chi connectivity index (χ0v) is 14.6. The van der Waals surface area contributed by atoms with Gasteiger partial charge in [-0.1, -0.05) is 24.3 Å². The molecule has 0 unspecified atom stereocenters. The Balaban J connectivity index is 1.99. The summed E-state index contributed by atoms with van der Waals surface area (Å²) in [6.45, 7) is 2.26. The number of sulfonamides is 1. The summed E-state index contributed by atoms with van der Waals surface area (Å²) in [5, 5.41) is 2.77. The van der Waals surface area contributed by atoms with Crippen molar-refractivity contribution in [3.05, 3.63) is 65.5 Å². The van der Waals surface area contributed by atoms with Gasteiger partial charge in [-0.15, -0.1) is 0 Å². The maximum atomic E-state index is 12.1. The zero-order valence-electron chi connectivity index (χ0n) is 13.8. The number of benzene rings is 1. The van der Waals surface area contributed by atoms with Gasteiger partial charge in [0.1, 0.15) is 0 Å². The average molecular weight is 347 g/mol.